The van der Waals surface area contributed by atoms with Crippen molar-refractivity contribution in [3.63, 3.8) is 0 Å². The van der Waals surface area contributed by atoms with Crippen molar-refractivity contribution in [3.05, 3.63) is 141 Å². The molecule has 46 heavy (non-hydrogen) atoms. The minimum absolute atomic E-state index is 0.0737. The van der Waals surface area contributed by atoms with Crippen LogP contribution in [0.3, 0.4) is 0 Å². The zero-order valence-electron chi connectivity index (χ0n) is 24.5. The number of aromatic nitrogens is 4. The molecule has 0 atom stereocenters. The van der Waals surface area contributed by atoms with Crippen molar-refractivity contribution in [3.8, 4) is 16.3 Å². The van der Waals surface area contributed by atoms with Gasteiger partial charge in [0.05, 0.1) is 17.6 Å². The highest BCUT2D eigenvalue weighted by Gasteiger charge is 2.26. The fraction of sp³-hybridized carbons (Fsp3) is 0.121. The van der Waals surface area contributed by atoms with E-state index in [9.17, 15) is 23.2 Å². The van der Waals surface area contributed by atoms with Crippen molar-refractivity contribution < 1.29 is 13.6 Å². The van der Waals surface area contributed by atoms with Crippen molar-refractivity contribution in [1.29, 1.82) is 0 Å². The minimum atomic E-state index is -0.819. The van der Waals surface area contributed by atoms with Gasteiger partial charge in [0.2, 0.25) is 0 Å². The number of nitrogens with one attached hydrogen (secondary N) is 1. The fourth-order valence-electron chi connectivity index (χ4n) is 5.26. The van der Waals surface area contributed by atoms with E-state index in [0.29, 0.717) is 28.2 Å². The first-order valence-electron chi connectivity index (χ1n) is 14.1. The lowest BCUT2D eigenvalue weighted by Gasteiger charge is -2.18. The smallest absolute Gasteiger partial charge is 0.338 e. The number of anilines is 1. The predicted molar refractivity (Wildman–Crippen MR) is 173 cm³/mol. The number of carbonyl (C=O) groups is 1. The molecule has 0 radical (unpaired) electrons. The minimum Gasteiger partial charge on any atom is -0.351 e. The Labute approximate surface area is 265 Å². The number of fused-ring (bicyclic) bond motifs is 1. The first-order chi connectivity index (χ1) is 22.2. The Balaban J connectivity index is 1.62. The highest BCUT2D eigenvalue weighted by Crippen LogP contribution is 2.38. The number of nitrogens with zero attached hydrogens (tertiary/aromatic N) is 5. The first kappa shape index (κ1) is 30.5. The van der Waals surface area contributed by atoms with E-state index in [0.717, 1.165) is 33.7 Å². The van der Waals surface area contributed by atoms with Gasteiger partial charge in [0.15, 0.2) is 0 Å². The van der Waals surface area contributed by atoms with Crippen molar-refractivity contribution >= 4 is 33.3 Å². The predicted octanol–water partition coefficient (Wildman–Crippen LogP) is 5.12. The number of rotatable bonds is 9. The van der Waals surface area contributed by atoms with Gasteiger partial charge in [0, 0.05) is 41.6 Å². The van der Waals surface area contributed by atoms with E-state index in [2.05, 4.69) is 15.3 Å². The van der Waals surface area contributed by atoms with Crippen LogP contribution in [-0.2, 0) is 19.6 Å². The van der Waals surface area contributed by atoms with Crippen LogP contribution in [0.4, 0.5) is 19.3 Å². The molecule has 3 N–H and O–H groups in total. The summed E-state index contributed by atoms with van der Waals surface area (Å²) in [4.78, 5) is 51.4. The molecule has 2 aromatic carbocycles. The number of benzene rings is 2. The Morgan fingerprint density at radius 3 is 2.22 bits per heavy atom. The van der Waals surface area contributed by atoms with E-state index in [-0.39, 0.29) is 28.1 Å². The highest BCUT2D eigenvalue weighted by atomic mass is 32.1. The van der Waals surface area contributed by atoms with Crippen molar-refractivity contribution in [2.24, 2.45) is 5.73 Å². The van der Waals surface area contributed by atoms with Crippen molar-refractivity contribution in [2.75, 3.05) is 12.4 Å². The third kappa shape index (κ3) is 6.05. The summed E-state index contributed by atoms with van der Waals surface area (Å²) in [6, 6.07) is 20.0. The zero-order chi connectivity index (χ0) is 32.4. The van der Waals surface area contributed by atoms with Crippen molar-refractivity contribution in [1.82, 2.24) is 24.0 Å². The molecule has 13 heteroatoms. The van der Waals surface area contributed by atoms with Crippen LogP contribution in [0.2, 0.25) is 0 Å². The maximum atomic E-state index is 14.9. The molecule has 10 nitrogen and oxygen atoms in total. The van der Waals surface area contributed by atoms with Gasteiger partial charge in [-0.1, -0.05) is 30.3 Å². The number of amides is 2. The maximum absolute atomic E-state index is 14.9. The highest BCUT2D eigenvalue weighted by molar-refractivity contribution is 7.22. The van der Waals surface area contributed by atoms with Gasteiger partial charge in [-0.3, -0.25) is 19.2 Å². The number of nitrogens with two attached hydrogens (primary N) is 1. The lowest BCUT2D eigenvalue weighted by Crippen LogP contribution is -2.39. The van der Waals surface area contributed by atoms with Crippen LogP contribution in [0.15, 0.2) is 101 Å². The van der Waals surface area contributed by atoms with Crippen LogP contribution >= 0.6 is 11.3 Å². The van der Waals surface area contributed by atoms with Crippen LogP contribution in [0.5, 0.6) is 0 Å². The summed E-state index contributed by atoms with van der Waals surface area (Å²) in [5, 5.41) is 2.74. The van der Waals surface area contributed by atoms with Gasteiger partial charge in [0.1, 0.15) is 22.3 Å². The van der Waals surface area contributed by atoms with E-state index in [1.54, 1.807) is 42.6 Å². The van der Waals surface area contributed by atoms with E-state index in [4.69, 9.17) is 5.73 Å². The van der Waals surface area contributed by atoms with Gasteiger partial charge < -0.3 is 11.1 Å². The molecule has 232 valence electrons. The number of thiophene rings is 1. The SMILES string of the molecule is CN(Cc1ccccn1)Cc1c(-c2ccc(NC(N)=O)cc2)sc2c1c(=O)n(-c1ccccn1)c(=O)n2Cc1c(F)cccc1F. The number of urea groups is 1. The second kappa shape index (κ2) is 12.8. The fourth-order valence-corrected chi connectivity index (χ4v) is 6.57. The second-order valence-electron chi connectivity index (χ2n) is 10.5. The quantitative estimate of drug-likeness (QED) is 0.226. The van der Waals surface area contributed by atoms with E-state index < -0.39 is 35.5 Å². The number of pyridine rings is 2. The number of halogens is 2. The molecule has 0 aliphatic rings. The standard InChI is InChI=1S/C33H27F2N7O3S/c1-40(17-22-7-2-4-15-37-22)18-24-28-30(43)42(27-10-3-5-16-38-27)33(45)41(19-23-25(34)8-6-9-26(23)35)31(28)46-29(24)20-11-13-21(14-12-20)39-32(36)44/h2-16H,17-19H2,1H3,(H3,36,39,44). The molecular formula is C33H27F2N7O3S. The van der Waals surface area contributed by atoms with Gasteiger partial charge >= 0.3 is 11.7 Å². The Kier molecular flexibility index (Phi) is 8.51. The molecule has 0 spiro atoms. The number of hydrogen-bond donors (Lipinski definition) is 2. The largest absolute Gasteiger partial charge is 0.351 e. The summed E-state index contributed by atoms with van der Waals surface area (Å²) in [6.45, 7) is 0.246. The summed E-state index contributed by atoms with van der Waals surface area (Å²) >= 11 is 1.16. The monoisotopic (exact) mass is 639 g/mol. The van der Waals surface area contributed by atoms with E-state index in [1.807, 2.05) is 30.1 Å². The van der Waals surface area contributed by atoms with Crippen molar-refractivity contribution in [2.45, 2.75) is 19.6 Å². The summed E-state index contributed by atoms with van der Waals surface area (Å²) in [5.41, 5.74) is 6.13. The van der Waals surface area contributed by atoms with Gasteiger partial charge in [0.25, 0.3) is 5.56 Å². The van der Waals surface area contributed by atoms with Crippen LogP contribution in [-0.4, -0.2) is 37.1 Å². The van der Waals surface area contributed by atoms with Gasteiger partial charge in [-0.25, -0.2) is 27.9 Å². The molecule has 0 saturated carbocycles. The summed E-state index contributed by atoms with van der Waals surface area (Å²) < 4.78 is 32.0. The zero-order valence-corrected chi connectivity index (χ0v) is 25.3. The van der Waals surface area contributed by atoms with Crippen LogP contribution < -0.4 is 22.3 Å². The summed E-state index contributed by atoms with van der Waals surface area (Å²) in [5.74, 6) is -1.56. The van der Waals surface area contributed by atoms with E-state index in [1.165, 1.54) is 22.9 Å². The molecule has 6 rings (SSSR count). The van der Waals surface area contributed by atoms with E-state index >= 15 is 0 Å². The normalized spacial score (nSPS) is 11.3. The molecule has 6 aromatic rings. The molecule has 0 aliphatic carbocycles. The number of primary amides is 1. The van der Waals surface area contributed by atoms with Gasteiger partial charge in [-0.05, 0) is 66.7 Å². The second-order valence-corrected chi connectivity index (χ2v) is 11.5. The van der Waals surface area contributed by atoms with Crippen LogP contribution in [0, 0.1) is 11.6 Å². The molecule has 4 heterocycles. The summed E-state index contributed by atoms with van der Waals surface area (Å²) in [6.07, 6.45) is 3.15. The average Bonchev–Trinajstić information content (AvgIpc) is 3.40. The summed E-state index contributed by atoms with van der Waals surface area (Å²) in [7, 11) is 1.88. The Bertz CT molecular complexity index is 2150. The molecule has 0 aliphatic heterocycles. The third-order valence-electron chi connectivity index (χ3n) is 7.33. The number of hydrogen-bond acceptors (Lipinski definition) is 7. The molecular weight excluding hydrogens is 612 g/mol. The lowest BCUT2D eigenvalue weighted by atomic mass is 10.1. The average molecular weight is 640 g/mol. The Hall–Kier alpha value is -5.53. The lowest BCUT2D eigenvalue weighted by molar-refractivity contribution is 0.259. The Morgan fingerprint density at radius 1 is 0.891 bits per heavy atom. The molecule has 0 fully saturated rings. The molecule has 0 bridgehead atoms. The molecule has 0 saturated heterocycles. The first-order valence-corrected chi connectivity index (χ1v) is 14.9. The van der Waals surface area contributed by atoms with Gasteiger partial charge in [-0.2, -0.15) is 0 Å². The van der Waals surface area contributed by atoms with Crippen LogP contribution in [0.1, 0.15) is 16.8 Å². The third-order valence-corrected chi connectivity index (χ3v) is 8.63. The maximum Gasteiger partial charge on any atom is 0.338 e. The molecule has 2 amide bonds. The van der Waals surface area contributed by atoms with Crippen LogP contribution in [0.25, 0.3) is 26.5 Å². The topological polar surface area (TPSA) is 128 Å². The Morgan fingerprint density at radius 2 is 1.59 bits per heavy atom. The van der Waals surface area contributed by atoms with Gasteiger partial charge in [-0.15, -0.1) is 11.3 Å². The number of carbonyl (C=O) groups excluding carboxylic acids is 1. The molecule has 0 unspecified atom stereocenters. The molecule has 4 aromatic heterocycles.